The lowest BCUT2D eigenvalue weighted by Crippen LogP contribution is -2.18. The van der Waals surface area contributed by atoms with Crippen LogP contribution in [0.1, 0.15) is 44.6 Å². The Bertz CT molecular complexity index is 328. The molecule has 0 aliphatic carbocycles. The molecule has 0 saturated heterocycles. The molecule has 0 aliphatic rings. The Morgan fingerprint density at radius 3 is 2.68 bits per heavy atom. The van der Waals surface area contributed by atoms with Gasteiger partial charge in [-0.3, -0.25) is 0 Å². The highest BCUT2D eigenvalue weighted by atomic mass is 16.5. The summed E-state index contributed by atoms with van der Waals surface area (Å²) >= 11 is 0. The highest BCUT2D eigenvalue weighted by molar-refractivity contribution is 5.33. The molecule has 3 heteroatoms. The number of hydrogen-bond donors (Lipinski definition) is 2. The number of rotatable bonds is 11. The van der Waals surface area contributed by atoms with E-state index in [1.165, 1.54) is 25.7 Å². The lowest BCUT2D eigenvalue weighted by molar-refractivity contribution is 0.288. The monoisotopic (exact) mass is 265 g/mol. The highest BCUT2D eigenvalue weighted by Crippen LogP contribution is 2.18. The van der Waals surface area contributed by atoms with E-state index < -0.39 is 0 Å². The summed E-state index contributed by atoms with van der Waals surface area (Å²) in [5, 5.41) is 11.9. The van der Waals surface area contributed by atoms with Gasteiger partial charge in [0.05, 0.1) is 13.2 Å². The third kappa shape index (κ3) is 7.19. The molecule has 108 valence electrons. The molecule has 0 saturated carbocycles. The molecular weight excluding hydrogens is 238 g/mol. The lowest BCUT2D eigenvalue weighted by Gasteiger charge is -2.11. The van der Waals surface area contributed by atoms with Crippen LogP contribution in [0.2, 0.25) is 0 Å². The number of nitrogens with one attached hydrogen (secondary N) is 1. The molecule has 0 aliphatic heterocycles. The average Bonchev–Trinajstić information content (AvgIpc) is 2.44. The molecule has 0 aromatic heterocycles. The lowest BCUT2D eigenvalue weighted by atomic mass is 10.1. The summed E-state index contributed by atoms with van der Waals surface area (Å²) in [6.45, 7) is 4.55. The van der Waals surface area contributed by atoms with Crippen LogP contribution < -0.4 is 10.1 Å². The minimum atomic E-state index is 0.167. The van der Waals surface area contributed by atoms with Crippen LogP contribution in [-0.4, -0.2) is 24.9 Å². The van der Waals surface area contributed by atoms with E-state index in [9.17, 15) is 0 Å². The number of hydrogen-bond acceptors (Lipinski definition) is 3. The molecular formula is C16H27NO2. The van der Waals surface area contributed by atoms with Crippen LogP contribution in [0.15, 0.2) is 24.3 Å². The Morgan fingerprint density at radius 1 is 1.11 bits per heavy atom. The second-order valence-corrected chi connectivity index (χ2v) is 4.77. The van der Waals surface area contributed by atoms with Gasteiger partial charge in [-0.15, -0.1) is 0 Å². The van der Waals surface area contributed by atoms with Gasteiger partial charge in [0.15, 0.2) is 0 Å². The van der Waals surface area contributed by atoms with E-state index in [2.05, 4.69) is 18.3 Å². The van der Waals surface area contributed by atoms with Crippen LogP contribution in [0, 0.1) is 0 Å². The maximum atomic E-state index is 8.76. The van der Waals surface area contributed by atoms with Crippen molar-refractivity contribution in [2.24, 2.45) is 0 Å². The van der Waals surface area contributed by atoms with E-state index >= 15 is 0 Å². The van der Waals surface area contributed by atoms with Crippen molar-refractivity contribution in [1.82, 2.24) is 5.32 Å². The maximum Gasteiger partial charge on any atom is 0.123 e. The fourth-order valence-electron chi connectivity index (χ4n) is 1.98. The number of benzene rings is 1. The van der Waals surface area contributed by atoms with Gasteiger partial charge in [0.1, 0.15) is 5.75 Å². The van der Waals surface area contributed by atoms with E-state index in [1.807, 2.05) is 18.2 Å². The summed E-state index contributed by atoms with van der Waals surface area (Å²) in [5.41, 5.74) is 1.16. The fraction of sp³-hybridized carbons (Fsp3) is 0.625. The Kier molecular flexibility index (Phi) is 9.11. The summed E-state index contributed by atoms with van der Waals surface area (Å²) in [6.07, 6.45) is 6.28. The van der Waals surface area contributed by atoms with Gasteiger partial charge in [-0.25, -0.2) is 0 Å². The Morgan fingerprint density at radius 2 is 1.89 bits per heavy atom. The predicted molar refractivity (Wildman–Crippen MR) is 79.5 cm³/mol. The molecule has 0 unspecified atom stereocenters. The van der Waals surface area contributed by atoms with Gasteiger partial charge < -0.3 is 15.2 Å². The first-order valence-electron chi connectivity index (χ1n) is 7.40. The third-order valence-corrected chi connectivity index (χ3v) is 3.08. The minimum Gasteiger partial charge on any atom is -0.493 e. The molecule has 0 bridgehead atoms. The number of aliphatic hydroxyl groups is 1. The molecule has 0 atom stereocenters. The van der Waals surface area contributed by atoms with Crippen molar-refractivity contribution in [2.45, 2.75) is 45.6 Å². The van der Waals surface area contributed by atoms with Crippen LogP contribution in [0.25, 0.3) is 0 Å². The molecule has 2 N–H and O–H groups in total. The number of para-hydroxylation sites is 1. The van der Waals surface area contributed by atoms with Crippen LogP contribution in [-0.2, 0) is 6.54 Å². The standard InChI is InChI=1S/C16H27NO2/c1-2-3-4-5-8-13-19-16-10-7-6-9-15(16)14-17-11-12-18/h6-7,9-10,17-18H,2-5,8,11-14H2,1H3. The second-order valence-electron chi connectivity index (χ2n) is 4.77. The summed E-state index contributed by atoms with van der Waals surface area (Å²) in [4.78, 5) is 0. The van der Waals surface area contributed by atoms with E-state index in [-0.39, 0.29) is 6.61 Å². The Hall–Kier alpha value is -1.06. The summed E-state index contributed by atoms with van der Waals surface area (Å²) in [7, 11) is 0. The first-order valence-corrected chi connectivity index (χ1v) is 7.40. The van der Waals surface area contributed by atoms with Gasteiger partial charge >= 0.3 is 0 Å². The summed E-state index contributed by atoms with van der Waals surface area (Å²) < 4.78 is 5.85. The zero-order valence-electron chi connectivity index (χ0n) is 12.0. The molecule has 0 fully saturated rings. The van der Waals surface area contributed by atoms with Crippen molar-refractivity contribution in [3.8, 4) is 5.75 Å². The van der Waals surface area contributed by atoms with E-state index in [4.69, 9.17) is 9.84 Å². The zero-order chi connectivity index (χ0) is 13.8. The van der Waals surface area contributed by atoms with Gasteiger partial charge in [-0.2, -0.15) is 0 Å². The highest BCUT2D eigenvalue weighted by Gasteiger charge is 2.02. The van der Waals surface area contributed by atoms with Crippen molar-refractivity contribution in [3.63, 3.8) is 0 Å². The topological polar surface area (TPSA) is 41.5 Å². The van der Waals surface area contributed by atoms with E-state index in [0.717, 1.165) is 30.9 Å². The second kappa shape index (κ2) is 10.8. The number of aliphatic hydroxyl groups excluding tert-OH is 1. The van der Waals surface area contributed by atoms with Crippen molar-refractivity contribution in [1.29, 1.82) is 0 Å². The SMILES string of the molecule is CCCCCCCOc1ccccc1CNCCO. The van der Waals surface area contributed by atoms with Crippen molar-refractivity contribution < 1.29 is 9.84 Å². The van der Waals surface area contributed by atoms with Gasteiger partial charge in [-0.1, -0.05) is 50.8 Å². The average molecular weight is 265 g/mol. The molecule has 1 aromatic rings. The quantitative estimate of drug-likeness (QED) is 0.604. The maximum absolute atomic E-state index is 8.76. The number of unbranched alkanes of at least 4 members (excludes halogenated alkanes) is 4. The molecule has 0 heterocycles. The smallest absolute Gasteiger partial charge is 0.123 e. The summed E-state index contributed by atoms with van der Waals surface area (Å²) in [6, 6.07) is 8.10. The van der Waals surface area contributed by atoms with E-state index in [0.29, 0.717) is 6.54 Å². The largest absolute Gasteiger partial charge is 0.493 e. The first-order chi connectivity index (χ1) is 9.38. The predicted octanol–water partition coefficient (Wildman–Crippen LogP) is 3.12. The van der Waals surface area contributed by atoms with Crippen molar-refractivity contribution in [2.75, 3.05) is 19.8 Å². The van der Waals surface area contributed by atoms with Crippen molar-refractivity contribution >= 4 is 0 Å². The molecule has 19 heavy (non-hydrogen) atoms. The van der Waals surface area contributed by atoms with Crippen LogP contribution in [0.3, 0.4) is 0 Å². The zero-order valence-corrected chi connectivity index (χ0v) is 12.0. The van der Waals surface area contributed by atoms with Crippen LogP contribution >= 0.6 is 0 Å². The minimum absolute atomic E-state index is 0.167. The van der Waals surface area contributed by atoms with Gasteiger partial charge in [0, 0.05) is 18.7 Å². The van der Waals surface area contributed by atoms with Gasteiger partial charge in [-0.05, 0) is 12.5 Å². The Balaban J connectivity index is 2.27. The van der Waals surface area contributed by atoms with Gasteiger partial charge in [0.2, 0.25) is 0 Å². The summed E-state index contributed by atoms with van der Waals surface area (Å²) in [5.74, 6) is 0.962. The van der Waals surface area contributed by atoms with Crippen LogP contribution in [0.5, 0.6) is 5.75 Å². The fourth-order valence-corrected chi connectivity index (χ4v) is 1.98. The molecule has 0 amide bonds. The number of ether oxygens (including phenoxy) is 1. The van der Waals surface area contributed by atoms with E-state index in [1.54, 1.807) is 0 Å². The molecule has 0 spiro atoms. The molecule has 3 nitrogen and oxygen atoms in total. The molecule has 1 rings (SSSR count). The first kappa shape index (κ1) is 16.0. The molecule has 1 aromatic carbocycles. The van der Waals surface area contributed by atoms with Crippen LogP contribution in [0.4, 0.5) is 0 Å². The Labute approximate surface area is 117 Å². The van der Waals surface area contributed by atoms with Gasteiger partial charge in [0.25, 0.3) is 0 Å². The normalized spacial score (nSPS) is 10.6. The molecule has 0 radical (unpaired) electrons. The van der Waals surface area contributed by atoms with Crippen molar-refractivity contribution in [3.05, 3.63) is 29.8 Å². The third-order valence-electron chi connectivity index (χ3n) is 3.08.